The first-order valence-electron chi connectivity index (χ1n) is 6.64. The van der Waals surface area contributed by atoms with E-state index in [1.165, 1.54) is 5.56 Å². The smallest absolute Gasteiger partial charge is 0.0662 e. The Morgan fingerprint density at radius 1 is 1.16 bits per heavy atom. The molecule has 0 aromatic carbocycles. The van der Waals surface area contributed by atoms with E-state index in [1.807, 2.05) is 17.1 Å². The summed E-state index contributed by atoms with van der Waals surface area (Å²) in [6.45, 7) is 5.35. The van der Waals surface area contributed by atoms with Gasteiger partial charge in [-0.1, -0.05) is 0 Å². The van der Waals surface area contributed by atoms with Crippen LogP contribution in [0.5, 0.6) is 0 Å². The SMILES string of the molecule is COCCCOCCn1cc(CNCCOC)cn1. The number of methoxy groups -OCH3 is 2. The highest BCUT2D eigenvalue weighted by Crippen LogP contribution is 1.97. The molecule has 110 valence electrons. The van der Waals surface area contributed by atoms with Crippen molar-refractivity contribution in [2.24, 2.45) is 0 Å². The minimum Gasteiger partial charge on any atom is -0.385 e. The van der Waals surface area contributed by atoms with Crippen LogP contribution in [0.15, 0.2) is 12.4 Å². The quantitative estimate of drug-likeness (QED) is 0.566. The maximum Gasteiger partial charge on any atom is 0.0662 e. The van der Waals surface area contributed by atoms with Gasteiger partial charge in [-0.15, -0.1) is 0 Å². The van der Waals surface area contributed by atoms with Crippen molar-refractivity contribution < 1.29 is 14.2 Å². The van der Waals surface area contributed by atoms with Crippen molar-refractivity contribution in [3.05, 3.63) is 18.0 Å². The first-order valence-corrected chi connectivity index (χ1v) is 6.64. The van der Waals surface area contributed by atoms with Gasteiger partial charge in [-0.05, 0) is 6.42 Å². The lowest BCUT2D eigenvalue weighted by atomic mass is 10.3. The topological polar surface area (TPSA) is 57.5 Å². The van der Waals surface area contributed by atoms with Crippen LogP contribution in [0.25, 0.3) is 0 Å². The van der Waals surface area contributed by atoms with Crippen LogP contribution in [0.3, 0.4) is 0 Å². The van der Waals surface area contributed by atoms with Gasteiger partial charge in [0.2, 0.25) is 0 Å². The maximum atomic E-state index is 5.49. The Balaban J connectivity index is 2.06. The second-order valence-corrected chi connectivity index (χ2v) is 4.24. The number of hydrogen-bond acceptors (Lipinski definition) is 5. The van der Waals surface area contributed by atoms with Crippen LogP contribution in [0, 0.1) is 0 Å². The first-order chi connectivity index (χ1) is 9.36. The van der Waals surface area contributed by atoms with Crippen LogP contribution in [-0.4, -0.2) is 57.0 Å². The lowest BCUT2D eigenvalue weighted by molar-refractivity contribution is 0.0961. The highest BCUT2D eigenvalue weighted by molar-refractivity contribution is 5.03. The molecule has 0 aliphatic heterocycles. The van der Waals surface area contributed by atoms with Crippen molar-refractivity contribution in [1.82, 2.24) is 15.1 Å². The lowest BCUT2D eigenvalue weighted by Gasteiger charge is -2.04. The van der Waals surface area contributed by atoms with E-state index < -0.39 is 0 Å². The molecule has 1 aromatic heterocycles. The van der Waals surface area contributed by atoms with E-state index in [9.17, 15) is 0 Å². The van der Waals surface area contributed by atoms with Crippen LogP contribution < -0.4 is 5.32 Å². The van der Waals surface area contributed by atoms with Crippen molar-refractivity contribution in [2.45, 2.75) is 19.5 Å². The zero-order chi connectivity index (χ0) is 13.8. The fourth-order valence-electron chi connectivity index (χ4n) is 1.59. The Hall–Kier alpha value is -0.950. The number of rotatable bonds is 12. The third kappa shape index (κ3) is 7.94. The molecule has 0 saturated heterocycles. The van der Waals surface area contributed by atoms with Crippen molar-refractivity contribution in [3.63, 3.8) is 0 Å². The number of nitrogens with one attached hydrogen (secondary N) is 1. The van der Waals surface area contributed by atoms with Gasteiger partial charge in [0.05, 0.1) is 26.0 Å². The van der Waals surface area contributed by atoms with Crippen molar-refractivity contribution in [1.29, 1.82) is 0 Å². The van der Waals surface area contributed by atoms with Crippen molar-refractivity contribution in [2.75, 3.05) is 47.2 Å². The van der Waals surface area contributed by atoms with E-state index in [0.29, 0.717) is 6.61 Å². The molecule has 0 spiro atoms. The molecule has 0 fully saturated rings. The molecular formula is C13H25N3O3. The first kappa shape index (κ1) is 16.1. The molecule has 1 rings (SSSR count). The fourth-order valence-corrected chi connectivity index (χ4v) is 1.59. The lowest BCUT2D eigenvalue weighted by Crippen LogP contribution is -2.18. The molecular weight excluding hydrogens is 246 g/mol. The Morgan fingerprint density at radius 3 is 2.79 bits per heavy atom. The van der Waals surface area contributed by atoms with Gasteiger partial charge in [-0.2, -0.15) is 5.10 Å². The highest BCUT2D eigenvalue weighted by Gasteiger charge is 1.98. The minimum absolute atomic E-state index is 0.682. The summed E-state index contributed by atoms with van der Waals surface area (Å²) in [4.78, 5) is 0. The fraction of sp³-hybridized carbons (Fsp3) is 0.769. The number of hydrogen-bond donors (Lipinski definition) is 1. The van der Waals surface area contributed by atoms with E-state index in [0.717, 1.165) is 45.9 Å². The Bertz CT molecular complexity index is 318. The molecule has 0 aliphatic rings. The summed E-state index contributed by atoms with van der Waals surface area (Å²) in [5.41, 5.74) is 1.18. The average Bonchev–Trinajstić information content (AvgIpc) is 2.87. The number of nitrogens with zero attached hydrogens (tertiary/aromatic N) is 2. The summed E-state index contributed by atoms with van der Waals surface area (Å²) < 4.78 is 17.3. The second-order valence-electron chi connectivity index (χ2n) is 4.24. The van der Waals surface area contributed by atoms with Gasteiger partial charge in [0.15, 0.2) is 0 Å². The molecule has 0 amide bonds. The van der Waals surface area contributed by atoms with Gasteiger partial charge in [0.25, 0.3) is 0 Å². The summed E-state index contributed by atoms with van der Waals surface area (Å²) in [6, 6.07) is 0. The van der Waals surface area contributed by atoms with Crippen LogP contribution >= 0.6 is 0 Å². The van der Waals surface area contributed by atoms with E-state index in [2.05, 4.69) is 10.4 Å². The maximum absolute atomic E-state index is 5.49. The van der Waals surface area contributed by atoms with Crippen LogP contribution in [-0.2, 0) is 27.3 Å². The number of ether oxygens (including phenoxy) is 3. The van der Waals surface area contributed by atoms with Gasteiger partial charge in [0.1, 0.15) is 0 Å². The van der Waals surface area contributed by atoms with Gasteiger partial charge in [-0.3, -0.25) is 4.68 Å². The Kier molecular flexibility index (Phi) is 9.26. The van der Waals surface area contributed by atoms with Gasteiger partial charge in [0, 0.05) is 52.3 Å². The zero-order valence-corrected chi connectivity index (χ0v) is 11.9. The van der Waals surface area contributed by atoms with Gasteiger partial charge >= 0.3 is 0 Å². The summed E-state index contributed by atoms with van der Waals surface area (Å²) >= 11 is 0. The molecule has 1 N–H and O–H groups in total. The molecule has 0 bridgehead atoms. The summed E-state index contributed by atoms with van der Waals surface area (Å²) in [5.74, 6) is 0. The summed E-state index contributed by atoms with van der Waals surface area (Å²) in [7, 11) is 3.40. The molecule has 0 unspecified atom stereocenters. The molecule has 0 aliphatic carbocycles. The molecule has 19 heavy (non-hydrogen) atoms. The van der Waals surface area contributed by atoms with Gasteiger partial charge in [-0.25, -0.2) is 0 Å². The van der Waals surface area contributed by atoms with Crippen LogP contribution in [0.1, 0.15) is 12.0 Å². The molecule has 0 atom stereocenters. The Morgan fingerprint density at radius 2 is 2.00 bits per heavy atom. The third-order valence-electron chi connectivity index (χ3n) is 2.60. The predicted molar refractivity (Wildman–Crippen MR) is 73.1 cm³/mol. The zero-order valence-electron chi connectivity index (χ0n) is 11.9. The molecule has 1 aromatic rings. The molecule has 0 saturated carbocycles. The van der Waals surface area contributed by atoms with E-state index in [-0.39, 0.29) is 0 Å². The number of aromatic nitrogens is 2. The molecule has 0 radical (unpaired) electrons. The predicted octanol–water partition coefficient (Wildman–Crippen LogP) is 0.672. The van der Waals surface area contributed by atoms with Crippen molar-refractivity contribution in [3.8, 4) is 0 Å². The van der Waals surface area contributed by atoms with Gasteiger partial charge < -0.3 is 19.5 Å². The second kappa shape index (κ2) is 10.9. The normalized spacial score (nSPS) is 11.1. The van der Waals surface area contributed by atoms with Crippen LogP contribution in [0.4, 0.5) is 0 Å². The largest absolute Gasteiger partial charge is 0.385 e. The van der Waals surface area contributed by atoms with E-state index in [4.69, 9.17) is 14.2 Å². The standard InChI is InChI=1S/C13H25N3O3/c1-17-6-3-7-19-9-5-16-12-13(11-15-16)10-14-4-8-18-2/h11-12,14H,3-10H2,1-2H3. The molecule has 6 heteroatoms. The molecule has 1 heterocycles. The summed E-state index contributed by atoms with van der Waals surface area (Å²) in [5, 5.41) is 7.57. The van der Waals surface area contributed by atoms with E-state index >= 15 is 0 Å². The third-order valence-corrected chi connectivity index (χ3v) is 2.60. The minimum atomic E-state index is 0.682. The highest BCUT2D eigenvalue weighted by atomic mass is 16.5. The van der Waals surface area contributed by atoms with Crippen molar-refractivity contribution >= 4 is 0 Å². The van der Waals surface area contributed by atoms with Crippen LogP contribution in [0.2, 0.25) is 0 Å². The Labute approximate surface area is 115 Å². The molecule has 6 nitrogen and oxygen atoms in total. The summed E-state index contributed by atoms with van der Waals surface area (Å²) in [6.07, 6.45) is 4.85. The average molecular weight is 271 g/mol. The van der Waals surface area contributed by atoms with E-state index in [1.54, 1.807) is 14.2 Å². The monoisotopic (exact) mass is 271 g/mol.